The van der Waals surface area contributed by atoms with Gasteiger partial charge in [0.15, 0.2) is 17.2 Å². The van der Waals surface area contributed by atoms with Crippen LogP contribution in [0.3, 0.4) is 0 Å². The lowest BCUT2D eigenvalue weighted by Crippen LogP contribution is -2.66. The zero-order valence-corrected chi connectivity index (χ0v) is 22.3. The van der Waals surface area contributed by atoms with Crippen molar-refractivity contribution in [1.29, 1.82) is 0 Å². The normalized spacial score (nSPS) is 27.5. The van der Waals surface area contributed by atoms with Crippen molar-refractivity contribution in [3.63, 3.8) is 0 Å². The number of hydrogen-bond acceptors (Lipinski definition) is 7. The molecule has 220 valence electrons. The molecule has 3 aliphatic heterocycles. The van der Waals surface area contributed by atoms with E-state index >= 15 is 4.39 Å². The first-order chi connectivity index (χ1) is 19.4. The van der Waals surface area contributed by atoms with Crippen LogP contribution in [-0.2, 0) is 14.3 Å². The number of rotatable bonds is 7. The minimum absolute atomic E-state index is 0.0302. The summed E-state index contributed by atoms with van der Waals surface area (Å²) in [6, 6.07) is 5.13. The fraction of sp³-hybridized carbons (Fsp3) is 0.519. The lowest BCUT2D eigenvalue weighted by atomic mass is 9.77. The van der Waals surface area contributed by atoms with Crippen LogP contribution < -0.4 is 10.1 Å². The number of benzene rings is 1. The molecule has 5 heterocycles. The maximum atomic E-state index is 15.2. The number of nitrogens with one attached hydrogen (secondary N) is 1. The molecule has 0 saturated carbocycles. The molecule has 3 aromatic rings. The molecule has 0 radical (unpaired) electrons. The highest BCUT2D eigenvalue weighted by atomic mass is 19.4. The highest BCUT2D eigenvalue weighted by Gasteiger charge is 2.66. The summed E-state index contributed by atoms with van der Waals surface area (Å²) >= 11 is 0. The summed E-state index contributed by atoms with van der Waals surface area (Å²) < 4.78 is 90.3. The molecule has 0 aliphatic carbocycles. The lowest BCUT2D eigenvalue weighted by Gasteiger charge is -2.55. The Balaban J connectivity index is 1.28. The van der Waals surface area contributed by atoms with Crippen molar-refractivity contribution >= 4 is 17.1 Å². The van der Waals surface area contributed by atoms with Crippen LogP contribution in [0, 0.1) is 23.0 Å². The van der Waals surface area contributed by atoms with Gasteiger partial charge in [-0.3, -0.25) is 9.69 Å². The Morgan fingerprint density at radius 2 is 1.95 bits per heavy atom. The molecule has 0 bridgehead atoms. The molecule has 1 spiro atoms. The third-order valence-electron chi connectivity index (χ3n) is 8.52. The molecular formula is C27H28F5N5O4. The minimum Gasteiger partial charge on any atom is -0.489 e. The third kappa shape index (κ3) is 4.71. The van der Waals surface area contributed by atoms with Crippen LogP contribution in [0.1, 0.15) is 25.3 Å². The van der Waals surface area contributed by atoms with Crippen LogP contribution in [0.15, 0.2) is 36.7 Å². The predicted molar refractivity (Wildman–Crippen MR) is 134 cm³/mol. The molecule has 41 heavy (non-hydrogen) atoms. The molecule has 3 aliphatic rings. The first-order valence-corrected chi connectivity index (χ1v) is 13.2. The number of ether oxygens (including phenoxy) is 3. The van der Waals surface area contributed by atoms with E-state index in [2.05, 4.69) is 20.5 Å². The summed E-state index contributed by atoms with van der Waals surface area (Å²) in [5.41, 5.74) is -1.82. The fourth-order valence-electron chi connectivity index (χ4n) is 6.00. The second-order valence-electron chi connectivity index (χ2n) is 11.3. The van der Waals surface area contributed by atoms with E-state index in [0.717, 1.165) is 32.1 Å². The molecule has 4 atom stereocenters. The number of fused-ring (bicyclic) bond motifs is 1. The summed E-state index contributed by atoms with van der Waals surface area (Å²) in [4.78, 5) is 15.5. The second kappa shape index (κ2) is 9.88. The van der Waals surface area contributed by atoms with Gasteiger partial charge in [-0.25, -0.2) is 8.91 Å². The second-order valence-corrected chi connectivity index (χ2v) is 11.3. The van der Waals surface area contributed by atoms with Crippen LogP contribution >= 0.6 is 0 Å². The average Bonchev–Trinajstić information content (AvgIpc) is 3.44. The van der Waals surface area contributed by atoms with Crippen LogP contribution in [0.2, 0.25) is 0 Å². The van der Waals surface area contributed by atoms with Crippen LogP contribution in [0.25, 0.3) is 5.52 Å². The first-order valence-electron chi connectivity index (χ1n) is 13.2. The van der Waals surface area contributed by atoms with Gasteiger partial charge in [0, 0.05) is 42.4 Å². The standard InChI is InChI=1S/C27H28F5N5O4/c1-15-20(18-5-6-19(28)21(29)22(18)40-8-7-36-11-26(12-36)13-39-14-26)23(41-25(15,2)27(30,31)32)24(38)34-16-3-4-17-9-33-35-37(17)10-16/h3-6,9-10,15,20,23H,7-8,11-14H2,1-2H3,(H,34,38)/t15-,20-,23+,25+/m0/s1. The number of nitrogens with zero attached hydrogens (tertiary/aromatic N) is 4. The van der Waals surface area contributed by atoms with Crippen molar-refractivity contribution in [2.75, 3.05) is 44.8 Å². The number of halogens is 5. The Bertz CT molecular complexity index is 1470. The number of likely N-dealkylation sites (tertiary alicyclic amines) is 1. The molecule has 6 rings (SSSR count). The van der Waals surface area contributed by atoms with Crippen LogP contribution in [0.4, 0.5) is 27.6 Å². The Hall–Kier alpha value is -3.36. The number of amides is 1. The van der Waals surface area contributed by atoms with Crippen molar-refractivity contribution < 1.29 is 41.0 Å². The molecule has 3 saturated heterocycles. The Labute approximate surface area is 231 Å². The number of carbonyl (C=O) groups excluding carboxylic acids is 1. The highest BCUT2D eigenvalue weighted by molar-refractivity contribution is 5.95. The van der Waals surface area contributed by atoms with Gasteiger partial charge in [-0.1, -0.05) is 18.2 Å². The molecule has 1 aromatic carbocycles. The van der Waals surface area contributed by atoms with Gasteiger partial charge in [0.1, 0.15) is 12.7 Å². The predicted octanol–water partition coefficient (Wildman–Crippen LogP) is 3.80. The Morgan fingerprint density at radius 3 is 2.63 bits per heavy atom. The summed E-state index contributed by atoms with van der Waals surface area (Å²) in [5.74, 6) is -6.65. The average molecular weight is 582 g/mol. The van der Waals surface area contributed by atoms with Crippen molar-refractivity contribution in [2.45, 2.75) is 37.6 Å². The van der Waals surface area contributed by atoms with Gasteiger partial charge in [0.05, 0.1) is 36.8 Å². The number of anilines is 1. The minimum atomic E-state index is -4.86. The van der Waals surface area contributed by atoms with Crippen molar-refractivity contribution in [3.05, 3.63) is 53.9 Å². The van der Waals surface area contributed by atoms with Crippen LogP contribution in [0.5, 0.6) is 5.75 Å². The van der Waals surface area contributed by atoms with Gasteiger partial charge < -0.3 is 19.5 Å². The maximum Gasteiger partial charge on any atom is 0.417 e. The quantitative estimate of drug-likeness (QED) is 0.425. The van der Waals surface area contributed by atoms with E-state index in [1.54, 1.807) is 6.07 Å². The summed E-state index contributed by atoms with van der Waals surface area (Å²) in [7, 11) is 0. The van der Waals surface area contributed by atoms with Gasteiger partial charge >= 0.3 is 6.18 Å². The summed E-state index contributed by atoms with van der Waals surface area (Å²) in [6.45, 7) is 5.44. The molecular weight excluding hydrogens is 553 g/mol. The number of pyridine rings is 1. The zero-order valence-electron chi connectivity index (χ0n) is 22.3. The summed E-state index contributed by atoms with van der Waals surface area (Å²) in [6.07, 6.45) is -3.63. The molecule has 14 heteroatoms. The van der Waals surface area contributed by atoms with Gasteiger partial charge in [-0.2, -0.15) is 17.6 Å². The zero-order chi connectivity index (χ0) is 29.2. The summed E-state index contributed by atoms with van der Waals surface area (Å²) in [5, 5.41) is 10.2. The van der Waals surface area contributed by atoms with E-state index in [4.69, 9.17) is 14.2 Å². The van der Waals surface area contributed by atoms with Crippen molar-refractivity contribution in [2.24, 2.45) is 11.3 Å². The largest absolute Gasteiger partial charge is 0.489 e. The van der Waals surface area contributed by atoms with Gasteiger partial charge in [0.25, 0.3) is 5.91 Å². The van der Waals surface area contributed by atoms with E-state index in [-0.39, 0.29) is 23.3 Å². The third-order valence-corrected chi connectivity index (χ3v) is 8.52. The Morgan fingerprint density at radius 1 is 1.20 bits per heavy atom. The van der Waals surface area contributed by atoms with E-state index < -0.39 is 53.0 Å². The molecule has 1 amide bonds. The number of alkyl halides is 3. The topological polar surface area (TPSA) is 90.2 Å². The van der Waals surface area contributed by atoms with E-state index in [1.807, 2.05) is 0 Å². The van der Waals surface area contributed by atoms with E-state index in [1.165, 1.54) is 29.9 Å². The molecule has 2 aromatic heterocycles. The van der Waals surface area contributed by atoms with Gasteiger partial charge in [0.2, 0.25) is 5.82 Å². The number of carbonyl (C=O) groups is 1. The molecule has 1 N–H and O–H groups in total. The molecule has 0 unspecified atom stereocenters. The van der Waals surface area contributed by atoms with Crippen LogP contribution in [-0.4, -0.2) is 83.0 Å². The van der Waals surface area contributed by atoms with Crippen molar-refractivity contribution in [1.82, 2.24) is 19.7 Å². The monoisotopic (exact) mass is 581 g/mol. The SMILES string of the molecule is C[C@H]1[C@@H](c2ccc(F)c(F)c2OCCN2CC3(COC3)C2)[C@H](C(=O)Nc2ccc3cnnn3c2)O[C@@]1(C)C(F)(F)F. The number of hydrogen-bond donors (Lipinski definition) is 1. The van der Waals surface area contributed by atoms with Gasteiger partial charge in [-0.15, -0.1) is 5.10 Å². The molecule has 9 nitrogen and oxygen atoms in total. The fourth-order valence-corrected chi connectivity index (χ4v) is 6.00. The van der Waals surface area contributed by atoms with Gasteiger partial charge in [-0.05, 0) is 25.1 Å². The highest BCUT2D eigenvalue weighted by Crippen LogP contribution is 2.55. The van der Waals surface area contributed by atoms with E-state index in [9.17, 15) is 22.4 Å². The van der Waals surface area contributed by atoms with E-state index in [0.29, 0.717) is 25.3 Å². The maximum absolute atomic E-state index is 15.2. The lowest BCUT2D eigenvalue weighted by molar-refractivity contribution is -0.272. The van der Waals surface area contributed by atoms with Crippen molar-refractivity contribution in [3.8, 4) is 5.75 Å². The number of aromatic nitrogens is 3. The molecule has 3 fully saturated rings. The first kappa shape index (κ1) is 27.8. The smallest absolute Gasteiger partial charge is 0.417 e. The Kier molecular flexibility index (Phi) is 6.70.